The minimum atomic E-state index is -3.59. The van der Waals surface area contributed by atoms with E-state index in [1.165, 1.54) is 19.1 Å². The lowest BCUT2D eigenvalue weighted by molar-refractivity contribution is -0.143. The number of carbonyl (C=O) groups excluding carboxylic acids is 1. The van der Waals surface area contributed by atoms with Crippen LogP contribution < -0.4 is 0 Å². The first-order valence-corrected chi connectivity index (χ1v) is 7.23. The molecule has 0 aromatic heterocycles. The van der Waals surface area contributed by atoms with Crippen LogP contribution in [-0.4, -0.2) is 37.5 Å². The molecule has 0 aliphatic carbocycles. The Morgan fingerprint density at radius 2 is 1.89 bits per heavy atom. The molecule has 1 aliphatic rings. The van der Waals surface area contributed by atoms with Gasteiger partial charge >= 0.3 is 5.97 Å². The number of hydrogen-bond acceptors (Lipinski definition) is 5. The third kappa shape index (κ3) is 2.39. The summed E-state index contributed by atoms with van der Waals surface area (Å²) in [5, 5.41) is 9.73. The fraction of sp³-hybridized carbons (Fsp3) is 0.417. The molecule has 1 fully saturated rings. The van der Waals surface area contributed by atoms with Gasteiger partial charge in [-0.15, -0.1) is 0 Å². The maximum Gasteiger partial charge on any atom is 0.313 e. The predicted molar refractivity (Wildman–Crippen MR) is 63.5 cm³/mol. The second-order valence-corrected chi connectivity index (χ2v) is 6.37. The van der Waals surface area contributed by atoms with Crippen molar-refractivity contribution in [3.63, 3.8) is 0 Å². The molecule has 0 radical (unpaired) electrons. The first kappa shape index (κ1) is 13.0. The molecule has 1 saturated heterocycles. The van der Waals surface area contributed by atoms with E-state index in [2.05, 4.69) is 0 Å². The molecule has 5 nitrogen and oxygen atoms in total. The monoisotopic (exact) mass is 270 g/mol. The molecule has 1 N–H and O–H groups in total. The summed E-state index contributed by atoms with van der Waals surface area (Å²) in [5.41, 5.74) is 0. The van der Waals surface area contributed by atoms with E-state index in [0.717, 1.165) is 0 Å². The van der Waals surface area contributed by atoms with E-state index < -0.39 is 39.7 Å². The van der Waals surface area contributed by atoms with Crippen LogP contribution in [0.25, 0.3) is 0 Å². The van der Waals surface area contributed by atoms with Crippen LogP contribution in [0.5, 0.6) is 0 Å². The molecular weight excluding hydrogens is 256 g/mol. The second kappa shape index (κ2) is 4.70. The third-order valence-electron chi connectivity index (χ3n) is 3.00. The van der Waals surface area contributed by atoms with Gasteiger partial charge in [0.05, 0.1) is 10.6 Å². The van der Waals surface area contributed by atoms with Gasteiger partial charge in [-0.25, -0.2) is 8.42 Å². The van der Waals surface area contributed by atoms with Crippen molar-refractivity contribution in [3.8, 4) is 0 Å². The van der Waals surface area contributed by atoms with Gasteiger partial charge in [0.2, 0.25) is 0 Å². The molecule has 0 bridgehead atoms. The van der Waals surface area contributed by atoms with Gasteiger partial charge in [0.25, 0.3) is 0 Å². The normalized spacial score (nSPS) is 28.1. The van der Waals surface area contributed by atoms with Gasteiger partial charge in [-0.3, -0.25) is 4.79 Å². The fourth-order valence-electron chi connectivity index (χ4n) is 1.93. The second-order valence-electron chi connectivity index (χ2n) is 4.33. The summed E-state index contributed by atoms with van der Waals surface area (Å²) < 4.78 is 28.9. The summed E-state index contributed by atoms with van der Waals surface area (Å²) in [7, 11) is -3.59. The van der Waals surface area contributed by atoms with Crippen molar-refractivity contribution in [3.05, 3.63) is 30.3 Å². The van der Waals surface area contributed by atoms with E-state index in [0.29, 0.717) is 0 Å². The molecule has 1 aliphatic heterocycles. The molecule has 18 heavy (non-hydrogen) atoms. The molecule has 2 rings (SSSR count). The zero-order valence-corrected chi connectivity index (χ0v) is 10.6. The van der Waals surface area contributed by atoms with Crippen LogP contribution in [0.3, 0.4) is 0 Å². The van der Waals surface area contributed by atoms with Gasteiger partial charge in [0.1, 0.15) is 18.1 Å². The summed E-state index contributed by atoms with van der Waals surface area (Å²) in [6.07, 6.45) is -1.73. The molecule has 1 aromatic rings. The molecule has 6 heteroatoms. The Morgan fingerprint density at radius 1 is 1.28 bits per heavy atom. The summed E-state index contributed by atoms with van der Waals surface area (Å²) in [5.74, 6) is -2.10. The lowest BCUT2D eigenvalue weighted by Gasteiger charge is -2.12. The van der Waals surface area contributed by atoms with Gasteiger partial charge in [-0.2, -0.15) is 0 Å². The average Bonchev–Trinajstić information content (AvgIpc) is 2.57. The number of rotatable bonds is 3. The highest BCUT2D eigenvalue weighted by Gasteiger charge is 2.43. The number of aliphatic hydroxyl groups is 1. The Morgan fingerprint density at radius 3 is 2.39 bits per heavy atom. The van der Waals surface area contributed by atoms with Crippen LogP contribution in [0.2, 0.25) is 0 Å². The lowest BCUT2D eigenvalue weighted by atomic mass is 10.1. The van der Waals surface area contributed by atoms with E-state index in [4.69, 9.17) is 4.74 Å². The van der Waals surface area contributed by atoms with Crippen molar-refractivity contribution >= 4 is 15.8 Å². The SMILES string of the molecule is C[C@@H]1OC(=O)[C@H](CS(=O)(=O)c2ccccc2)[C@@H]1O. The van der Waals surface area contributed by atoms with Crippen LogP contribution in [-0.2, 0) is 19.4 Å². The summed E-state index contributed by atoms with van der Waals surface area (Å²) >= 11 is 0. The first-order chi connectivity index (χ1) is 8.42. The topological polar surface area (TPSA) is 80.7 Å². The van der Waals surface area contributed by atoms with Crippen LogP contribution in [0.1, 0.15) is 6.92 Å². The van der Waals surface area contributed by atoms with E-state index >= 15 is 0 Å². The zero-order chi connectivity index (χ0) is 13.3. The molecule has 0 amide bonds. The van der Waals surface area contributed by atoms with Crippen molar-refractivity contribution < 1.29 is 23.1 Å². The largest absolute Gasteiger partial charge is 0.460 e. The Bertz CT molecular complexity index is 537. The molecule has 1 aromatic carbocycles. The van der Waals surface area contributed by atoms with Gasteiger partial charge < -0.3 is 9.84 Å². The number of aliphatic hydroxyl groups excluding tert-OH is 1. The highest BCUT2D eigenvalue weighted by Crippen LogP contribution is 2.25. The molecule has 0 saturated carbocycles. The van der Waals surface area contributed by atoms with Crippen molar-refractivity contribution in [1.82, 2.24) is 0 Å². The number of carbonyl (C=O) groups is 1. The summed E-state index contributed by atoms with van der Waals surface area (Å²) in [6, 6.07) is 7.86. The average molecular weight is 270 g/mol. The van der Waals surface area contributed by atoms with Gasteiger partial charge in [0.15, 0.2) is 9.84 Å². The van der Waals surface area contributed by atoms with E-state index in [1.807, 2.05) is 0 Å². The van der Waals surface area contributed by atoms with Crippen LogP contribution in [0, 0.1) is 5.92 Å². The lowest BCUT2D eigenvalue weighted by Crippen LogP contribution is -2.31. The fourth-order valence-corrected chi connectivity index (χ4v) is 3.50. The van der Waals surface area contributed by atoms with Crippen molar-refractivity contribution in [2.24, 2.45) is 5.92 Å². The Hall–Kier alpha value is -1.40. The number of ether oxygens (including phenoxy) is 1. The number of sulfone groups is 1. The zero-order valence-electron chi connectivity index (χ0n) is 9.81. The quantitative estimate of drug-likeness (QED) is 0.803. The molecule has 3 atom stereocenters. The number of hydrogen-bond donors (Lipinski definition) is 1. The van der Waals surface area contributed by atoms with Crippen LogP contribution in [0.4, 0.5) is 0 Å². The standard InChI is InChI=1S/C12H14O5S/c1-8-11(13)10(12(14)17-8)7-18(15,16)9-5-3-2-4-6-9/h2-6,8,10-11,13H,7H2,1H3/t8-,10+,11+/m0/s1. The number of cyclic esters (lactones) is 1. The molecule has 1 heterocycles. The Balaban J connectivity index is 2.22. The maximum atomic E-state index is 12.1. The summed E-state index contributed by atoms with van der Waals surface area (Å²) in [4.78, 5) is 11.6. The molecule has 0 unspecified atom stereocenters. The minimum absolute atomic E-state index is 0.143. The van der Waals surface area contributed by atoms with Crippen molar-refractivity contribution in [1.29, 1.82) is 0 Å². The van der Waals surface area contributed by atoms with Gasteiger partial charge in [-0.1, -0.05) is 18.2 Å². The number of esters is 1. The molecule has 98 valence electrons. The summed E-state index contributed by atoms with van der Waals surface area (Å²) in [6.45, 7) is 1.54. The van der Waals surface area contributed by atoms with E-state index in [-0.39, 0.29) is 4.90 Å². The Labute approximate surface area is 105 Å². The first-order valence-electron chi connectivity index (χ1n) is 5.58. The highest BCUT2D eigenvalue weighted by atomic mass is 32.2. The van der Waals surface area contributed by atoms with Crippen molar-refractivity contribution in [2.45, 2.75) is 24.0 Å². The van der Waals surface area contributed by atoms with Crippen molar-refractivity contribution in [2.75, 3.05) is 5.75 Å². The predicted octanol–water partition coefficient (Wildman–Crippen LogP) is 0.383. The van der Waals surface area contributed by atoms with E-state index in [9.17, 15) is 18.3 Å². The molecule has 0 spiro atoms. The smallest absolute Gasteiger partial charge is 0.313 e. The number of benzene rings is 1. The third-order valence-corrected chi connectivity index (χ3v) is 4.79. The van der Waals surface area contributed by atoms with Gasteiger partial charge in [-0.05, 0) is 19.1 Å². The van der Waals surface area contributed by atoms with Crippen LogP contribution in [0.15, 0.2) is 35.2 Å². The minimum Gasteiger partial charge on any atom is -0.460 e. The van der Waals surface area contributed by atoms with Gasteiger partial charge in [0, 0.05) is 0 Å². The highest BCUT2D eigenvalue weighted by molar-refractivity contribution is 7.91. The molecular formula is C12H14O5S. The maximum absolute atomic E-state index is 12.1. The Kier molecular flexibility index (Phi) is 3.41. The van der Waals surface area contributed by atoms with E-state index in [1.54, 1.807) is 18.2 Å². The van der Waals surface area contributed by atoms with Crippen LogP contribution >= 0.6 is 0 Å².